The third-order valence-corrected chi connectivity index (χ3v) is 9.92. The molecule has 192 valence electrons. The fraction of sp³-hybridized carbons (Fsp3) is 0.654. The van der Waals surface area contributed by atoms with E-state index in [0.29, 0.717) is 30.1 Å². The number of likely N-dealkylation sites (tertiary alicyclic amines) is 1. The lowest BCUT2D eigenvalue weighted by Crippen LogP contribution is -2.55. The molecule has 1 aromatic rings. The molecule has 4 rings (SSSR count). The summed E-state index contributed by atoms with van der Waals surface area (Å²) in [6.07, 6.45) is 2.86. The Bertz CT molecular complexity index is 985. The first kappa shape index (κ1) is 26.3. The highest BCUT2D eigenvalue weighted by Crippen LogP contribution is 2.66. The average Bonchev–Trinajstić information content (AvgIpc) is 3.45. The molecule has 3 aliphatic heterocycles. The summed E-state index contributed by atoms with van der Waals surface area (Å²) in [4.78, 5) is 42.9. The quantitative estimate of drug-likeness (QED) is 0.461. The van der Waals surface area contributed by atoms with Crippen LogP contribution in [0.3, 0.4) is 0 Å². The molecule has 1 aromatic carbocycles. The van der Waals surface area contributed by atoms with E-state index in [2.05, 4.69) is 10.6 Å². The van der Waals surface area contributed by atoms with Crippen molar-refractivity contribution < 1.29 is 19.5 Å². The van der Waals surface area contributed by atoms with Crippen LogP contribution in [0.1, 0.15) is 52.0 Å². The molecule has 7 nitrogen and oxygen atoms in total. The third kappa shape index (κ3) is 4.46. The summed E-state index contributed by atoms with van der Waals surface area (Å²) in [5.74, 6) is -1.41. The Hall–Kier alpha value is -1.77. The number of aliphatic hydroxyl groups excluding tert-OH is 1. The van der Waals surface area contributed by atoms with Gasteiger partial charge in [0.2, 0.25) is 17.7 Å². The number of rotatable bonds is 9. The average molecular weight is 522 g/mol. The van der Waals surface area contributed by atoms with Gasteiger partial charge in [0, 0.05) is 11.8 Å². The number of anilines is 1. The fourth-order valence-electron chi connectivity index (χ4n) is 6.25. The second kappa shape index (κ2) is 10.3. The van der Waals surface area contributed by atoms with Crippen LogP contribution in [0, 0.1) is 24.7 Å². The molecule has 3 fully saturated rings. The number of carbonyl (C=O) groups is 3. The van der Waals surface area contributed by atoms with Gasteiger partial charge >= 0.3 is 0 Å². The largest absolute Gasteiger partial charge is 0.394 e. The topological polar surface area (TPSA) is 98.7 Å². The van der Waals surface area contributed by atoms with Crippen molar-refractivity contribution in [2.45, 2.75) is 75.5 Å². The zero-order valence-corrected chi connectivity index (χ0v) is 22.4. The van der Waals surface area contributed by atoms with Gasteiger partial charge in [0.15, 0.2) is 0 Å². The summed E-state index contributed by atoms with van der Waals surface area (Å²) >= 11 is 8.04. The van der Waals surface area contributed by atoms with Gasteiger partial charge in [-0.25, -0.2) is 0 Å². The van der Waals surface area contributed by atoms with Gasteiger partial charge in [-0.05, 0) is 50.2 Å². The molecule has 1 spiro atoms. The van der Waals surface area contributed by atoms with Crippen molar-refractivity contribution in [3.63, 3.8) is 0 Å². The lowest BCUT2D eigenvalue weighted by molar-refractivity contribution is -0.142. The Labute approximate surface area is 216 Å². The van der Waals surface area contributed by atoms with Gasteiger partial charge in [-0.3, -0.25) is 14.4 Å². The van der Waals surface area contributed by atoms with Crippen molar-refractivity contribution in [3.05, 3.63) is 28.8 Å². The highest BCUT2D eigenvalue weighted by atomic mass is 35.5. The van der Waals surface area contributed by atoms with Gasteiger partial charge in [-0.2, -0.15) is 0 Å². The molecule has 0 radical (unpaired) electrons. The fourth-order valence-corrected chi connectivity index (χ4v) is 8.73. The molecule has 3 heterocycles. The highest BCUT2D eigenvalue weighted by Gasteiger charge is 2.74. The SMILES string of the molecule is CCCNC(=O)[C@@H]1[C@H]2C(=O)N([C@@H](CO)CC(C)C)C(C(=O)Nc3c(C)cccc3Cl)C23CC[C@H]1S3. The zero-order chi connectivity index (χ0) is 25.5. The second-order valence-electron chi connectivity index (χ2n) is 10.5. The normalized spacial score (nSPS) is 30.0. The van der Waals surface area contributed by atoms with Crippen LogP contribution in [0.2, 0.25) is 5.02 Å². The van der Waals surface area contributed by atoms with E-state index in [1.807, 2.05) is 39.8 Å². The number of nitrogens with zero attached hydrogens (tertiary/aromatic N) is 1. The Morgan fingerprint density at radius 1 is 1.31 bits per heavy atom. The molecular formula is C26H36ClN3O4S. The predicted molar refractivity (Wildman–Crippen MR) is 139 cm³/mol. The molecule has 9 heteroatoms. The van der Waals surface area contributed by atoms with E-state index in [1.54, 1.807) is 22.7 Å². The van der Waals surface area contributed by atoms with Crippen molar-refractivity contribution in [2.75, 3.05) is 18.5 Å². The van der Waals surface area contributed by atoms with Gasteiger partial charge in [-0.15, -0.1) is 11.8 Å². The Kier molecular flexibility index (Phi) is 7.74. The monoisotopic (exact) mass is 521 g/mol. The van der Waals surface area contributed by atoms with Crippen LogP contribution in [-0.2, 0) is 14.4 Å². The van der Waals surface area contributed by atoms with Crippen molar-refractivity contribution >= 4 is 46.8 Å². The molecule has 2 bridgehead atoms. The zero-order valence-electron chi connectivity index (χ0n) is 20.8. The molecule has 6 atom stereocenters. The van der Waals surface area contributed by atoms with Crippen LogP contribution in [-0.4, -0.2) is 63.0 Å². The molecule has 3 amide bonds. The highest BCUT2D eigenvalue weighted by molar-refractivity contribution is 8.02. The smallest absolute Gasteiger partial charge is 0.248 e. The van der Waals surface area contributed by atoms with Crippen LogP contribution in [0.15, 0.2) is 18.2 Å². The molecule has 3 N–H and O–H groups in total. The van der Waals surface area contributed by atoms with Gasteiger partial charge in [0.25, 0.3) is 0 Å². The van der Waals surface area contributed by atoms with E-state index in [1.165, 1.54) is 0 Å². The predicted octanol–water partition coefficient (Wildman–Crippen LogP) is 3.61. The van der Waals surface area contributed by atoms with Crippen molar-refractivity contribution in [3.8, 4) is 0 Å². The van der Waals surface area contributed by atoms with Crippen LogP contribution in [0.5, 0.6) is 0 Å². The summed E-state index contributed by atoms with van der Waals surface area (Å²) in [7, 11) is 0. The summed E-state index contributed by atoms with van der Waals surface area (Å²) in [5.41, 5.74) is 1.36. The number of aliphatic hydroxyl groups is 1. The Balaban J connectivity index is 1.75. The Morgan fingerprint density at radius 2 is 2.06 bits per heavy atom. The second-order valence-corrected chi connectivity index (χ2v) is 12.5. The molecule has 0 aromatic heterocycles. The van der Waals surface area contributed by atoms with E-state index in [0.717, 1.165) is 18.4 Å². The number of fused-ring (bicyclic) bond motifs is 1. The van der Waals surface area contributed by atoms with Crippen LogP contribution in [0.4, 0.5) is 5.69 Å². The van der Waals surface area contributed by atoms with E-state index >= 15 is 0 Å². The molecule has 2 unspecified atom stereocenters. The molecule has 3 aliphatic rings. The van der Waals surface area contributed by atoms with E-state index in [4.69, 9.17) is 11.6 Å². The maximum Gasteiger partial charge on any atom is 0.248 e. The first-order valence-corrected chi connectivity index (χ1v) is 13.9. The van der Waals surface area contributed by atoms with E-state index in [-0.39, 0.29) is 35.5 Å². The number of para-hydroxylation sites is 1. The molecule has 0 saturated carbocycles. The van der Waals surface area contributed by atoms with Gasteiger partial charge in [-0.1, -0.05) is 44.5 Å². The lowest BCUT2D eigenvalue weighted by Gasteiger charge is -2.37. The number of nitrogens with one attached hydrogen (secondary N) is 2. The maximum absolute atomic E-state index is 14.1. The summed E-state index contributed by atoms with van der Waals surface area (Å²) in [6, 6.07) is 4.14. The number of hydrogen-bond donors (Lipinski definition) is 3. The number of amides is 3. The molecule has 3 saturated heterocycles. The lowest BCUT2D eigenvalue weighted by atomic mass is 9.70. The van der Waals surface area contributed by atoms with Crippen LogP contribution >= 0.6 is 23.4 Å². The van der Waals surface area contributed by atoms with E-state index < -0.39 is 28.7 Å². The number of benzene rings is 1. The standard InChI is InChI=1S/C26H36ClN3O4S/c1-5-11-28-23(32)19-18-9-10-26(35-18)20(19)25(34)30(16(13-31)12-14(2)3)22(26)24(33)29-21-15(4)7-6-8-17(21)27/h6-8,14,16,18-20,22,31H,5,9-13H2,1-4H3,(H,28,32)(H,29,33)/t16-,18-,19+,20+,22?,26?/m1/s1. The number of aryl methyl sites for hydroxylation is 1. The molecular weight excluding hydrogens is 486 g/mol. The summed E-state index contributed by atoms with van der Waals surface area (Å²) in [6.45, 7) is 8.26. The van der Waals surface area contributed by atoms with E-state index in [9.17, 15) is 19.5 Å². The van der Waals surface area contributed by atoms with Gasteiger partial charge in [0.05, 0.1) is 39.9 Å². The summed E-state index contributed by atoms with van der Waals surface area (Å²) < 4.78 is -0.695. The van der Waals surface area contributed by atoms with Gasteiger partial charge < -0.3 is 20.6 Å². The molecule has 35 heavy (non-hydrogen) atoms. The minimum Gasteiger partial charge on any atom is -0.394 e. The number of thioether (sulfide) groups is 1. The number of hydrogen-bond acceptors (Lipinski definition) is 5. The Morgan fingerprint density at radius 3 is 2.69 bits per heavy atom. The maximum atomic E-state index is 14.1. The van der Waals surface area contributed by atoms with Crippen LogP contribution in [0.25, 0.3) is 0 Å². The third-order valence-electron chi connectivity index (χ3n) is 7.66. The van der Waals surface area contributed by atoms with Crippen LogP contribution < -0.4 is 10.6 Å². The summed E-state index contributed by atoms with van der Waals surface area (Å²) in [5, 5.41) is 16.8. The number of halogens is 1. The molecule has 0 aliphatic carbocycles. The van der Waals surface area contributed by atoms with Gasteiger partial charge in [0.1, 0.15) is 6.04 Å². The first-order chi connectivity index (χ1) is 16.7. The van der Waals surface area contributed by atoms with Crippen molar-refractivity contribution in [1.29, 1.82) is 0 Å². The minimum atomic E-state index is -0.787. The number of carbonyl (C=O) groups excluding carboxylic acids is 3. The van der Waals surface area contributed by atoms with Crippen molar-refractivity contribution in [1.82, 2.24) is 10.2 Å². The minimum absolute atomic E-state index is 0.0120. The first-order valence-electron chi connectivity index (χ1n) is 12.6. The van der Waals surface area contributed by atoms with Crippen molar-refractivity contribution in [2.24, 2.45) is 17.8 Å².